The van der Waals surface area contributed by atoms with Gasteiger partial charge in [-0.3, -0.25) is 0 Å². The molecule has 0 spiro atoms. The van der Waals surface area contributed by atoms with E-state index in [0.29, 0.717) is 11.6 Å². The normalized spacial score (nSPS) is 11.8. The van der Waals surface area contributed by atoms with Gasteiger partial charge in [-0.15, -0.1) is 0 Å². The lowest BCUT2D eigenvalue weighted by Gasteiger charge is -2.21. The van der Waals surface area contributed by atoms with Crippen LogP contribution in [0.1, 0.15) is 24.5 Å². The van der Waals surface area contributed by atoms with Crippen molar-refractivity contribution in [3.05, 3.63) is 124 Å². The molecule has 4 aromatic carbocycles. The molecule has 1 nitrogen and oxygen atoms in total. The summed E-state index contributed by atoms with van der Waals surface area (Å²) >= 11 is 5.93. The van der Waals surface area contributed by atoms with E-state index < -0.39 is 51.5 Å². The Labute approximate surface area is 225 Å². The van der Waals surface area contributed by atoms with E-state index in [2.05, 4.69) is 10.8 Å². The van der Waals surface area contributed by atoms with Gasteiger partial charge in [0.15, 0.2) is 17.5 Å². The summed E-state index contributed by atoms with van der Waals surface area (Å²) in [5, 5.41) is -0.824. The minimum Gasteiger partial charge on any atom is -0.429 e. The Morgan fingerprint density at radius 3 is 1.95 bits per heavy atom. The molecule has 4 rings (SSSR count). The lowest BCUT2D eigenvalue weighted by molar-refractivity contribution is -0.187. The van der Waals surface area contributed by atoms with Gasteiger partial charge < -0.3 is 4.74 Å². The number of aryl methyl sites for hydroxylation is 1. The molecule has 0 fully saturated rings. The number of rotatable bonds is 8. The summed E-state index contributed by atoms with van der Waals surface area (Å²) < 4.78 is 104. The van der Waals surface area contributed by atoms with Gasteiger partial charge in [-0.2, -0.15) is 8.78 Å². The van der Waals surface area contributed by atoms with Crippen molar-refractivity contribution in [1.29, 1.82) is 0 Å². The third-order valence-electron chi connectivity index (χ3n) is 5.94. The first-order valence-electron chi connectivity index (χ1n) is 11.7. The van der Waals surface area contributed by atoms with E-state index in [9.17, 15) is 26.3 Å². The van der Waals surface area contributed by atoms with Crippen molar-refractivity contribution >= 4 is 11.6 Å². The van der Waals surface area contributed by atoms with E-state index in [1.165, 1.54) is 12.1 Å². The summed E-state index contributed by atoms with van der Waals surface area (Å²) in [5.74, 6) is -8.83. The van der Waals surface area contributed by atoms with E-state index in [0.717, 1.165) is 30.0 Å². The molecule has 0 aliphatic rings. The Kier molecular flexibility index (Phi) is 8.35. The SMILES string of the molecule is C/C=C/CCc1ccc(-c2ccc(-c3cc(F)c(C(F)(F)Oc4cc(F)c(F)c(F)c4)c(Cl)c3)c(F)c2)cc1. The standard InChI is InChI=1S/C30H20ClF7O/c1-2-3-4-5-17-6-8-18(9-7-17)19-10-11-22(24(32)13-19)20-12-23(31)28(25(33)14-20)30(37,38)39-21-15-26(34)29(36)27(35)16-21/h2-3,6-16H,4-5H2,1H3/b3-2+. The smallest absolute Gasteiger partial charge is 0.429 e. The molecular formula is C30H20ClF7O. The zero-order valence-electron chi connectivity index (χ0n) is 20.4. The number of halogens is 8. The summed E-state index contributed by atoms with van der Waals surface area (Å²) in [6.45, 7) is 1.95. The fourth-order valence-electron chi connectivity index (χ4n) is 4.01. The first-order valence-corrected chi connectivity index (χ1v) is 12.1. The second kappa shape index (κ2) is 11.5. The molecule has 9 heteroatoms. The molecule has 0 aromatic heterocycles. The van der Waals surface area contributed by atoms with Crippen molar-refractivity contribution in [3.63, 3.8) is 0 Å². The molecular weight excluding hydrogens is 545 g/mol. The highest BCUT2D eigenvalue weighted by Gasteiger charge is 2.41. The van der Waals surface area contributed by atoms with E-state index in [-0.39, 0.29) is 23.3 Å². The second-order valence-electron chi connectivity index (χ2n) is 8.63. The Morgan fingerprint density at radius 2 is 1.36 bits per heavy atom. The fraction of sp³-hybridized carbons (Fsp3) is 0.133. The van der Waals surface area contributed by atoms with Gasteiger partial charge in [0.1, 0.15) is 22.9 Å². The van der Waals surface area contributed by atoms with Crippen LogP contribution in [-0.2, 0) is 12.5 Å². The zero-order chi connectivity index (χ0) is 28.3. The molecule has 0 saturated heterocycles. The first-order chi connectivity index (χ1) is 18.5. The predicted molar refractivity (Wildman–Crippen MR) is 136 cm³/mol. The molecule has 0 amide bonds. The Hall–Kier alpha value is -3.78. The second-order valence-corrected chi connectivity index (χ2v) is 9.04. The molecule has 0 aliphatic heterocycles. The van der Waals surface area contributed by atoms with Crippen LogP contribution in [0.4, 0.5) is 30.7 Å². The highest BCUT2D eigenvalue weighted by atomic mass is 35.5. The van der Waals surface area contributed by atoms with E-state index >= 15 is 4.39 Å². The van der Waals surface area contributed by atoms with Gasteiger partial charge >= 0.3 is 6.11 Å². The molecule has 0 unspecified atom stereocenters. The van der Waals surface area contributed by atoms with Crippen LogP contribution in [0, 0.1) is 29.1 Å². The van der Waals surface area contributed by atoms with Crippen molar-refractivity contribution in [2.24, 2.45) is 0 Å². The number of ether oxygens (including phenoxy) is 1. The van der Waals surface area contributed by atoms with Crippen molar-refractivity contribution in [2.45, 2.75) is 25.9 Å². The number of hydrogen-bond acceptors (Lipinski definition) is 1. The van der Waals surface area contributed by atoms with Gasteiger partial charge in [-0.25, -0.2) is 22.0 Å². The maximum Gasteiger partial charge on any atom is 0.431 e. The molecule has 0 heterocycles. The van der Waals surface area contributed by atoms with Crippen LogP contribution in [0.5, 0.6) is 5.75 Å². The van der Waals surface area contributed by atoms with E-state index in [4.69, 9.17) is 11.6 Å². The fourth-order valence-corrected chi connectivity index (χ4v) is 4.32. The number of alkyl halides is 2. The number of hydrogen-bond donors (Lipinski definition) is 0. The van der Waals surface area contributed by atoms with Crippen molar-refractivity contribution in [1.82, 2.24) is 0 Å². The Morgan fingerprint density at radius 1 is 0.744 bits per heavy atom. The molecule has 0 N–H and O–H groups in total. The molecule has 0 atom stereocenters. The number of allylic oxidation sites excluding steroid dienone is 2. The van der Waals surface area contributed by atoms with E-state index in [1.54, 1.807) is 6.07 Å². The summed E-state index contributed by atoms with van der Waals surface area (Å²) in [5.41, 5.74) is 0.762. The van der Waals surface area contributed by atoms with Crippen LogP contribution in [0.3, 0.4) is 0 Å². The minimum absolute atomic E-state index is 0.0963. The molecule has 0 radical (unpaired) electrons. The topological polar surface area (TPSA) is 9.23 Å². The van der Waals surface area contributed by atoms with E-state index in [1.807, 2.05) is 37.3 Å². The summed E-state index contributed by atoms with van der Waals surface area (Å²) in [7, 11) is 0. The third-order valence-corrected chi connectivity index (χ3v) is 6.24. The predicted octanol–water partition coefficient (Wildman–Crippen LogP) is 10.0. The zero-order valence-corrected chi connectivity index (χ0v) is 21.1. The lowest BCUT2D eigenvalue weighted by atomic mass is 9.97. The monoisotopic (exact) mass is 564 g/mol. The molecule has 39 heavy (non-hydrogen) atoms. The summed E-state index contributed by atoms with van der Waals surface area (Å²) in [6.07, 6.45) is 1.30. The highest BCUT2D eigenvalue weighted by Crippen LogP contribution is 2.41. The lowest BCUT2D eigenvalue weighted by Crippen LogP contribution is -2.24. The highest BCUT2D eigenvalue weighted by molar-refractivity contribution is 6.31. The van der Waals surface area contributed by atoms with Gasteiger partial charge in [-0.1, -0.05) is 60.2 Å². The van der Waals surface area contributed by atoms with Crippen LogP contribution in [0.25, 0.3) is 22.3 Å². The maximum atomic E-state index is 15.1. The molecule has 0 aliphatic carbocycles. The molecule has 0 saturated carbocycles. The Balaban J connectivity index is 1.59. The summed E-state index contributed by atoms with van der Waals surface area (Å²) in [4.78, 5) is 0. The van der Waals surface area contributed by atoms with Crippen molar-refractivity contribution in [3.8, 4) is 28.0 Å². The van der Waals surface area contributed by atoms with Crippen LogP contribution < -0.4 is 4.74 Å². The molecule has 0 bridgehead atoms. The third kappa shape index (κ3) is 6.28. The average Bonchev–Trinajstić information content (AvgIpc) is 2.87. The van der Waals surface area contributed by atoms with Gasteiger partial charge in [-0.05, 0) is 60.2 Å². The summed E-state index contributed by atoms with van der Waals surface area (Å²) in [6, 6.07) is 13.7. The van der Waals surface area contributed by atoms with Gasteiger partial charge in [0.25, 0.3) is 0 Å². The van der Waals surface area contributed by atoms with Gasteiger partial charge in [0, 0.05) is 17.7 Å². The molecule has 4 aromatic rings. The number of benzene rings is 4. The van der Waals surface area contributed by atoms with Crippen LogP contribution in [0.2, 0.25) is 5.02 Å². The van der Waals surface area contributed by atoms with Crippen molar-refractivity contribution in [2.75, 3.05) is 0 Å². The van der Waals surface area contributed by atoms with Crippen LogP contribution >= 0.6 is 11.6 Å². The minimum atomic E-state index is -4.50. The average molecular weight is 565 g/mol. The maximum absolute atomic E-state index is 15.1. The quantitative estimate of drug-likeness (QED) is 0.118. The van der Waals surface area contributed by atoms with Gasteiger partial charge in [0.2, 0.25) is 0 Å². The largest absolute Gasteiger partial charge is 0.431 e. The van der Waals surface area contributed by atoms with Crippen molar-refractivity contribution < 1.29 is 35.5 Å². The Bertz CT molecular complexity index is 1490. The van der Waals surface area contributed by atoms with Crippen LogP contribution in [0.15, 0.2) is 78.9 Å². The first kappa shape index (κ1) is 28.2. The van der Waals surface area contributed by atoms with Crippen LogP contribution in [-0.4, -0.2) is 0 Å². The molecule has 202 valence electrons. The van der Waals surface area contributed by atoms with Gasteiger partial charge in [0.05, 0.1) is 5.02 Å².